The smallest absolute Gasteiger partial charge is 0.255 e. The fourth-order valence-corrected chi connectivity index (χ4v) is 8.38. The van der Waals surface area contributed by atoms with Crippen LogP contribution in [0.5, 0.6) is 5.75 Å². The number of nitrogens with zero attached hydrogens (tertiary/aromatic N) is 3. The molecule has 0 unspecified atom stereocenters. The molecular formula is C31H32ClF2N3O4S. The second-order valence-electron chi connectivity index (χ2n) is 11.2. The SMILES string of the molecule is COc1ccc(S(=O)(=O)N2CCC(c3ccccc3)CC2)cc1N1[C@@H]2CC[C@H]1CN(C(=O)c1cc(F)c(F)cc1Cl)C2. The number of ether oxygens (including phenoxy) is 1. The molecular weight excluding hydrogens is 584 g/mol. The minimum Gasteiger partial charge on any atom is -0.495 e. The van der Waals surface area contributed by atoms with Gasteiger partial charge in [0.05, 0.1) is 28.3 Å². The van der Waals surface area contributed by atoms with Crippen LogP contribution in [0, 0.1) is 11.6 Å². The van der Waals surface area contributed by atoms with Crippen molar-refractivity contribution in [1.82, 2.24) is 9.21 Å². The summed E-state index contributed by atoms with van der Waals surface area (Å²) in [5.74, 6) is -1.81. The van der Waals surface area contributed by atoms with E-state index in [1.807, 2.05) is 18.2 Å². The van der Waals surface area contributed by atoms with E-state index in [-0.39, 0.29) is 27.6 Å². The molecule has 11 heteroatoms. The quantitative estimate of drug-likeness (QED) is 0.333. The Morgan fingerprint density at radius 2 is 1.55 bits per heavy atom. The van der Waals surface area contributed by atoms with Gasteiger partial charge in [0.25, 0.3) is 5.91 Å². The first kappa shape index (κ1) is 28.9. The summed E-state index contributed by atoms with van der Waals surface area (Å²) < 4.78 is 62.3. The van der Waals surface area contributed by atoms with Crippen LogP contribution in [0.4, 0.5) is 14.5 Å². The van der Waals surface area contributed by atoms with Crippen LogP contribution in [0.25, 0.3) is 0 Å². The van der Waals surface area contributed by atoms with Crippen LogP contribution in [-0.4, -0.2) is 68.9 Å². The van der Waals surface area contributed by atoms with E-state index in [0.717, 1.165) is 37.8 Å². The molecule has 3 aliphatic rings. The van der Waals surface area contributed by atoms with E-state index in [9.17, 15) is 22.0 Å². The Bertz CT molecular complexity index is 1590. The number of amides is 1. The van der Waals surface area contributed by atoms with E-state index in [4.69, 9.17) is 16.3 Å². The minimum atomic E-state index is -3.74. The molecule has 3 heterocycles. The van der Waals surface area contributed by atoms with Crippen molar-refractivity contribution in [2.24, 2.45) is 0 Å². The largest absolute Gasteiger partial charge is 0.495 e. The van der Waals surface area contributed by atoms with E-state index in [1.54, 1.807) is 34.5 Å². The Hall–Kier alpha value is -3.21. The maximum atomic E-state index is 13.9. The van der Waals surface area contributed by atoms with Gasteiger partial charge in [-0.05, 0) is 67.5 Å². The Balaban J connectivity index is 1.22. The molecule has 0 N–H and O–H groups in total. The monoisotopic (exact) mass is 615 g/mol. The number of likely N-dealkylation sites (tertiary alicyclic amines) is 1. The van der Waals surface area contributed by atoms with Crippen molar-refractivity contribution >= 4 is 33.2 Å². The standard InChI is InChI=1S/C31H32ClF2N3O4S/c1-41-30-10-9-24(42(39,40)36-13-11-21(12-14-36)20-5-3-2-4-6-20)15-29(30)37-22-7-8-23(37)19-35(18-22)31(38)25-16-27(33)28(34)17-26(25)32/h2-6,9-10,15-17,21-23H,7-8,11-14,18-19H2,1H3/t22-,23+. The molecule has 1 amide bonds. The summed E-state index contributed by atoms with van der Waals surface area (Å²) in [6, 6.07) is 16.6. The summed E-state index contributed by atoms with van der Waals surface area (Å²) in [4.78, 5) is 17.2. The first-order valence-corrected chi connectivity index (χ1v) is 15.9. The molecule has 3 aromatic carbocycles. The lowest BCUT2D eigenvalue weighted by Gasteiger charge is -2.43. The summed E-state index contributed by atoms with van der Waals surface area (Å²) in [5, 5.41) is -0.138. The third-order valence-corrected chi connectivity index (χ3v) is 11.0. The highest BCUT2D eigenvalue weighted by Gasteiger charge is 2.43. The van der Waals surface area contributed by atoms with Crippen LogP contribution < -0.4 is 9.64 Å². The molecule has 0 saturated carbocycles. The Morgan fingerprint density at radius 1 is 0.905 bits per heavy atom. The maximum Gasteiger partial charge on any atom is 0.255 e. The second kappa shape index (κ2) is 11.5. The molecule has 42 heavy (non-hydrogen) atoms. The van der Waals surface area contributed by atoms with Gasteiger partial charge in [-0.2, -0.15) is 4.31 Å². The lowest BCUT2D eigenvalue weighted by atomic mass is 9.90. The molecule has 0 aromatic heterocycles. The van der Waals surface area contributed by atoms with Crippen LogP contribution in [0.2, 0.25) is 5.02 Å². The Kier molecular flexibility index (Phi) is 7.89. The van der Waals surface area contributed by atoms with Crippen LogP contribution >= 0.6 is 11.6 Å². The van der Waals surface area contributed by atoms with Gasteiger partial charge in [0.2, 0.25) is 10.0 Å². The summed E-state index contributed by atoms with van der Waals surface area (Å²) in [6.07, 6.45) is 3.09. The molecule has 7 nitrogen and oxygen atoms in total. The van der Waals surface area contributed by atoms with Gasteiger partial charge in [-0.25, -0.2) is 17.2 Å². The van der Waals surface area contributed by atoms with Gasteiger partial charge in [0, 0.05) is 38.3 Å². The van der Waals surface area contributed by atoms with E-state index < -0.39 is 27.6 Å². The van der Waals surface area contributed by atoms with Gasteiger partial charge in [0.1, 0.15) is 5.75 Å². The highest BCUT2D eigenvalue weighted by atomic mass is 35.5. The molecule has 6 rings (SSSR count). The molecule has 222 valence electrons. The minimum absolute atomic E-state index is 0.0786. The van der Waals surface area contributed by atoms with Crippen molar-refractivity contribution in [1.29, 1.82) is 0 Å². The summed E-state index contributed by atoms with van der Waals surface area (Å²) in [6.45, 7) is 1.55. The van der Waals surface area contributed by atoms with Crippen molar-refractivity contribution in [3.8, 4) is 5.75 Å². The third kappa shape index (κ3) is 5.24. The topological polar surface area (TPSA) is 70.2 Å². The van der Waals surface area contributed by atoms with Crippen molar-refractivity contribution in [2.75, 3.05) is 38.2 Å². The summed E-state index contributed by atoms with van der Waals surface area (Å²) in [5.41, 5.74) is 1.83. The van der Waals surface area contributed by atoms with Gasteiger partial charge in [0.15, 0.2) is 11.6 Å². The number of fused-ring (bicyclic) bond motifs is 2. The van der Waals surface area contributed by atoms with Crippen molar-refractivity contribution in [3.05, 3.63) is 88.4 Å². The molecule has 2 atom stereocenters. The van der Waals surface area contributed by atoms with Gasteiger partial charge in [-0.1, -0.05) is 41.9 Å². The van der Waals surface area contributed by atoms with Crippen LogP contribution in [0.1, 0.15) is 47.5 Å². The normalized spacial score (nSPS) is 21.5. The Labute approximate surface area is 249 Å². The molecule has 0 radical (unpaired) electrons. The zero-order chi connectivity index (χ0) is 29.6. The number of hydrogen-bond acceptors (Lipinski definition) is 5. The van der Waals surface area contributed by atoms with Gasteiger partial charge in [-0.3, -0.25) is 4.79 Å². The fraction of sp³-hybridized carbons (Fsp3) is 0.387. The number of piperazine rings is 1. The third-order valence-electron chi connectivity index (χ3n) is 8.80. The highest BCUT2D eigenvalue weighted by molar-refractivity contribution is 7.89. The molecule has 3 aromatic rings. The second-order valence-corrected chi connectivity index (χ2v) is 13.5. The van der Waals surface area contributed by atoms with Crippen molar-refractivity contribution in [3.63, 3.8) is 0 Å². The molecule has 2 bridgehead atoms. The summed E-state index contributed by atoms with van der Waals surface area (Å²) >= 11 is 6.09. The number of carbonyl (C=O) groups is 1. The predicted molar refractivity (Wildman–Crippen MR) is 157 cm³/mol. The number of halogens is 3. The average Bonchev–Trinajstić information content (AvgIpc) is 3.27. The number of anilines is 1. The number of methoxy groups -OCH3 is 1. The molecule has 3 saturated heterocycles. The first-order chi connectivity index (χ1) is 20.2. The number of piperidine rings is 1. The van der Waals surface area contributed by atoms with Crippen molar-refractivity contribution < 1.29 is 26.7 Å². The van der Waals surface area contributed by atoms with E-state index in [1.165, 1.54) is 5.56 Å². The van der Waals surface area contributed by atoms with Crippen molar-refractivity contribution in [2.45, 2.75) is 48.6 Å². The lowest BCUT2D eigenvalue weighted by Crippen LogP contribution is -2.55. The van der Waals surface area contributed by atoms with E-state index in [2.05, 4.69) is 17.0 Å². The van der Waals surface area contributed by atoms with Crippen LogP contribution in [0.15, 0.2) is 65.6 Å². The van der Waals surface area contributed by atoms with Gasteiger partial charge >= 0.3 is 0 Å². The van der Waals surface area contributed by atoms with E-state index in [0.29, 0.717) is 43.5 Å². The zero-order valence-electron chi connectivity index (χ0n) is 23.2. The first-order valence-electron chi connectivity index (χ1n) is 14.1. The van der Waals surface area contributed by atoms with Gasteiger partial charge in [-0.15, -0.1) is 0 Å². The molecule has 0 aliphatic carbocycles. The molecule has 0 spiro atoms. The number of carbonyl (C=O) groups excluding carboxylic acids is 1. The maximum absolute atomic E-state index is 13.9. The molecule has 3 fully saturated rings. The predicted octanol–water partition coefficient (Wildman–Crippen LogP) is 5.69. The van der Waals surface area contributed by atoms with Crippen LogP contribution in [0.3, 0.4) is 0 Å². The fourth-order valence-electron chi connectivity index (χ4n) is 6.65. The average molecular weight is 616 g/mol. The summed E-state index contributed by atoms with van der Waals surface area (Å²) in [7, 11) is -2.19. The number of rotatable bonds is 6. The number of sulfonamides is 1. The van der Waals surface area contributed by atoms with Crippen LogP contribution in [-0.2, 0) is 10.0 Å². The lowest BCUT2D eigenvalue weighted by molar-refractivity contribution is 0.0717. The van der Waals surface area contributed by atoms with Gasteiger partial charge < -0.3 is 14.5 Å². The molecule has 3 aliphatic heterocycles. The number of hydrogen-bond donors (Lipinski definition) is 0. The zero-order valence-corrected chi connectivity index (χ0v) is 24.8. The number of benzene rings is 3. The van der Waals surface area contributed by atoms with E-state index >= 15 is 0 Å². The Morgan fingerprint density at radius 3 is 2.19 bits per heavy atom. The highest BCUT2D eigenvalue weighted by Crippen LogP contribution is 2.42.